The fourth-order valence-corrected chi connectivity index (χ4v) is 3.98. The summed E-state index contributed by atoms with van der Waals surface area (Å²) in [5.41, 5.74) is 2.00. The number of pyridine rings is 1. The molecule has 3 rings (SSSR count). The number of thiophene rings is 1. The van der Waals surface area contributed by atoms with Crippen molar-refractivity contribution in [1.82, 2.24) is 4.98 Å². The van der Waals surface area contributed by atoms with Gasteiger partial charge in [-0.15, -0.1) is 11.3 Å². The van der Waals surface area contributed by atoms with Crippen molar-refractivity contribution in [3.05, 3.63) is 82.0 Å². The van der Waals surface area contributed by atoms with Crippen molar-refractivity contribution in [3.8, 4) is 0 Å². The third-order valence-corrected chi connectivity index (χ3v) is 5.64. The van der Waals surface area contributed by atoms with Crippen LogP contribution in [0.15, 0.2) is 54.9 Å². The van der Waals surface area contributed by atoms with Crippen LogP contribution in [0.4, 0.5) is 5.00 Å². The van der Waals surface area contributed by atoms with Gasteiger partial charge in [0.05, 0.1) is 18.8 Å². The zero-order valence-electron chi connectivity index (χ0n) is 17.2. The molecule has 0 aliphatic carbocycles. The summed E-state index contributed by atoms with van der Waals surface area (Å²) in [7, 11) is 0. The first kappa shape index (κ1) is 22.2. The first-order valence-electron chi connectivity index (χ1n) is 9.74. The minimum Gasteiger partial charge on any atom is -0.462 e. The van der Waals surface area contributed by atoms with Gasteiger partial charge in [0.15, 0.2) is 0 Å². The lowest BCUT2D eigenvalue weighted by molar-refractivity contribution is 0.0514. The molecule has 0 saturated carbocycles. The predicted octanol–water partition coefficient (Wildman–Crippen LogP) is 4.28. The van der Waals surface area contributed by atoms with Gasteiger partial charge in [0.2, 0.25) is 0 Å². The molecule has 0 bridgehead atoms. The highest BCUT2D eigenvalue weighted by Crippen LogP contribution is 2.34. The van der Waals surface area contributed by atoms with E-state index in [0.29, 0.717) is 17.5 Å². The molecule has 0 spiro atoms. The number of nitrogens with one attached hydrogen (secondary N) is 1. The Morgan fingerprint density at radius 1 is 1.00 bits per heavy atom. The van der Waals surface area contributed by atoms with E-state index in [9.17, 15) is 14.4 Å². The number of hydrogen-bond acceptors (Lipinski definition) is 7. The normalized spacial score (nSPS) is 10.4. The third kappa shape index (κ3) is 5.55. The summed E-state index contributed by atoms with van der Waals surface area (Å²) in [6.45, 7) is 3.70. The van der Waals surface area contributed by atoms with E-state index in [1.54, 1.807) is 26.0 Å². The maximum Gasteiger partial charge on any atom is 0.348 e. The van der Waals surface area contributed by atoms with Gasteiger partial charge in [-0.3, -0.25) is 9.78 Å². The van der Waals surface area contributed by atoms with E-state index in [-0.39, 0.29) is 28.7 Å². The SMILES string of the molecule is CCOC(=O)c1c(NC(=O)c2ccncc2)sc(C(=O)OCCc2ccccc2)c1C. The van der Waals surface area contributed by atoms with E-state index in [4.69, 9.17) is 9.47 Å². The van der Waals surface area contributed by atoms with Gasteiger partial charge in [0, 0.05) is 24.4 Å². The number of benzene rings is 1. The largest absolute Gasteiger partial charge is 0.462 e. The Bertz CT molecular complexity index is 1060. The minimum absolute atomic E-state index is 0.157. The molecule has 8 heteroatoms. The Hall–Kier alpha value is -3.52. The van der Waals surface area contributed by atoms with Gasteiger partial charge in [0.1, 0.15) is 9.88 Å². The van der Waals surface area contributed by atoms with Crippen LogP contribution in [0.25, 0.3) is 0 Å². The quantitative estimate of drug-likeness (QED) is 0.528. The predicted molar refractivity (Wildman–Crippen MR) is 118 cm³/mol. The molecule has 1 aromatic carbocycles. The monoisotopic (exact) mass is 438 g/mol. The highest BCUT2D eigenvalue weighted by atomic mass is 32.1. The maximum atomic E-state index is 12.7. The second-order valence-corrected chi connectivity index (χ2v) is 7.56. The van der Waals surface area contributed by atoms with Crippen LogP contribution in [0.5, 0.6) is 0 Å². The Morgan fingerprint density at radius 2 is 1.71 bits per heavy atom. The average Bonchev–Trinajstić information content (AvgIpc) is 3.11. The highest BCUT2D eigenvalue weighted by Gasteiger charge is 2.27. The van der Waals surface area contributed by atoms with Crippen molar-refractivity contribution < 1.29 is 23.9 Å². The van der Waals surface area contributed by atoms with Crippen LogP contribution in [0.1, 0.15) is 48.4 Å². The van der Waals surface area contributed by atoms with Crippen molar-refractivity contribution in [2.24, 2.45) is 0 Å². The van der Waals surface area contributed by atoms with Crippen LogP contribution < -0.4 is 5.32 Å². The summed E-state index contributed by atoms with van der Waals surface area (Å²) < 4.78 is 10.5. The number of nitrogens with zero attached hydrogens (tertiary/aromatic N) is 1. The Labute approximate surface area is 184 Å². The Balaban J connectivity index is 1.80. The molecule has 0 aliphatic heterocycles. The average molecular weight is 439 g/mol. The van der Waals surface area contributed by atoms with E-state index in [1.807, 2.05) is 30.3 Å². The third-order valence-electron chi connectivity index (χ3n) is 4.45. The number of rotatable bonds is 8. The molecule has 1 amide bonds. The number of hydrogen-bond donors (Lipinski definition) is 1. The summed E-state index contributed by atoms with van der Waals surface area (Å²) in [5, 5.41) is 2.95. The molecule has 2 aromatic heterocycles. The molecule has 1 N–H and O–H groups in total. The fraction of sp³-hybridized carbons (Fsp3) is 0.217. The van der Waals surface area contributed by atoms with Crippen LogP contribution in [0, 0.1) is 6.92 Å². The van der Waals surface area contributed by atoms with Crippen molar-refractivity contribution in [2.45, 2.75) is 20.3 Å². The fourth-order valence-electron chi connectivity index (χ4n) is 2.90. The lowest BCUT2D eigenvalue weighted by atomic mass is 10.1. The molecule has 0 saturated heterocycles. The molecule has 0 aliphatic rings. The summed E-state index contributed by atoms with van der Waals surface area (Å²) >= 11 is 0.995. The number of esters is 2. The second-order valence-electron chi connectivity index (χ2n) is 6.54. The molecule has 2 heterocycles. The molecule has 160 valence electrons. The smallest absolute Gasteiger partial charge is 0.348 e. The Kier molecular flexibility index (Phi) is 7.50. The number of aromatic nitrogens is 1. The van der Waals surface area contributed by atoms with Gasteiger partial charge in [-0.1, -0.05) is 30.3 Å². The highest BCUT2D eigenvalue weighted by molar-refractivity contribution is 7.18. The van der Waals surface area contributed by atoms with E-state index in [2.05, 4.69) is 10.3 Å². The number of amides is 1. The van der Waals surface area contributed by atoms with Crippen LogP contribution in [0.3, 0.4) is 0 Å². The van der Waals surface area contributed by atoms with Gasteiger partial charge in [-0.2, -0.15) is 0 Å². The molecular weight excluding hydrogens is 416 g/mol. The molecule has 31 heavy (non-hydrogen) atoms. The van der Waals surface area contributed by atoms with E-state index in [0.717, 1.165) is 16.9 Å². The zero-order chi connectivity index (χ0) is 22.2. The standard InChI is InChI=1S/C23H22N2O5S/c1-3-29-22(27)18-15(2)19(23(28)30-14-11-16-7-5-4-6-8-16)31-21(18)25-20(26)17-9-12-24-13-10-17/h4-10,12-13H,3,11,14H2,1-2H3,(H,25,26). The van der Waals surface area contributed by atoms with Crippen molar-refractivity contribution in [2.75, 3.05) is 18.5 Å². The van der Waals surface area contributed by atoms with Gasteiger partial charge in [-0.05, 0) is 37.1 Å². The topological polar surface area (TPSA) is 94.6 Å². The van der Waals surface area contributed by atoms with Gasteiger partial charge in [0.25, 0.3) is 5.91 Å². The van der Waals surface area contributed by atoms with E-state index in [1.165, 1.54) is 12.4 Å². The van der Waals surface area contributed by atoms with Crippen LogP contribution >= 0.6 is 11.3 Å². The van der Waals surface area contributed by atoms with Crippen LogP contribution in [-0.2, 0) is 15.9 Å². The number of carbonyl (C=O) groups is 3. The maximum absolute atomic E-state index is 12.7. The summed E-state index contributed by atoms with van der Waals surface area (Å²) in [6.07, 6.45) is 3.57. The Morgan fingerprint density at radius 3 is 2.39 bits per heavy atom. The minimum atomic E-state index is -0.607. The molecule has 0 unspecified atom stereocenters. The lowest BCUT2D eigenvalue weighted by Crippen LogP contribution is -2.15. The summed E-state index contributed by atoms with van der Waals surface area (Å²) in [4.78, 5) is 41.9. The molecule has 7 nitrogen and oxygen atoms in total. The molecule has 0 radical (unpaired) electrons. The second kappa shape index (κ2) is 10.5. The number of carbonyl (C=O) groups excluding carboxylic acids is 3. The van der Waals surface area contributed by atoms with E-state index < -0.39 is 17.8 Å². The molecular formula is C23H22N2O5S. The van der Waals surface area contributed by atoms with Crippen molar-refractivity contribution in [1.29, 1.82) is 0 Å². The van der Waals surface area contributed by atoms with Crippen LogP contribution in [-0.4, -0.2) is 36.0 Å². The number of ether oxygens (including phenoxy) is 2. The molecule has 0 fully saturated rings. The van der Waals surface area contributed by atoms with Crippen LogP contribution in [0.2, 0.25) is 0 Å². The molecule has 3 aromatic rings. The molecule has 0 atom stereocenters. The van der Waals surface area contributed by atoms with Gasteiger partial charge in [-0.25, -0.2) is 9.59 Å². The number of anilines is 1. The van der Waals surface area contributed by atoms with Gasteiger partial charge < -0.3 is 14.8 Å². The zero-order valence-corrected chi connectivity index (χ0v) is 18.0. The first-order valence-corrected chi connectivity index (χ1v) is 10.6. The summed E-state index contributed by atoms with van der Waals surface area (Å²) in [6, 6.07) is 12.8. The summed E-state index contributed by atoms with van der Waals surface area (Å²) in [5.74, 6) is -1.57. The van der Waals surface area contributed by atoms with Gasteiger partial charge >= 0.3 is 11.9 Å². The lowest BCUT2D eigenvalue weighted by Gasteiger charge is -2.07. The van der Waals surface area contributed by atoms with Crippen molar-refractivity contribution >= 4 is 34.2 Å². The van der Waals surface area contributed by atoms with E-state index >= 15 is 0 Å². The van der Waals surface area contributed by atoms with Crippen molar-refractivity contribution in [3.63, 3.8) is 0 Å². The first-order chi connectivity index (χ1) is 15.0.